The molecule has 0 aliphatic rings. The Morgan fingerprint density at radius 1 is 1.00 bits per heavy atom. The normalized spacial score (nSPS) is 12.8. The number of benzene rings is 1. The van der Waals surface area contributed by atoms with Crippen LogP contribution in [0.25, 0.3) is 23.2 Å². The van der Waals surface area contributed by atoms with E-state index in [0.29, 0.717) is 12.1 Å². The van der Waals surface area contributed by atoms with Crippen molar-refractivity contribution in [1.82, 2.24) is 19.7 Å². The van der Waals surface area contributed by atoms with Crippen LogP contribution in [0.15, 0.2) is 42.7 Å². The van der Waals surface area contributed by atoms with E-state index in [1.165, 1.54) is 12.1 Å². The van der Waals surface area contributed by atoms with Gasteiger partial charge < -0.3 is 5.73 Å². The summed E-state index contributed by atoms with van der Waals surface area (Å²) in [4.78, 5) is 18.9. The van der Waals surface area contributed by atoms with E-state index in [-0.39, 0.29) is 17.3 Å². The molecule has 0 aliphatic carbocycles. The largest absolute Gasteiger partial charge is 0.416 e. The first-order valence-corrected chi connectivity index (χ1v) is 8.20. The van der Waals surface area contributed by atoms with Crippen LogP contribution in [0.4, 0.5) is 30.7 Å². The molecule has 0 fully saturated rings. The molecule has 0 aliphatic heterocycles. The van der Waals surface area contributed by atoms with Crippen LogP contribution < -0.4 is 5.73 Å². The Hall–Kier alpha value is -3.77. The molecule has 31 heavy (non-hydrogen) atoms. The van der Waals surface area contributed by atoms with Crippen molar-refractivity contribution in [3.05, 3.63) is 65.5 Å². The van der Waals surface area contributed by atoms with Crippen molar-refractivity contribution in [2.24, 2.45) is 5.73 Å². The fourth-order valence-electron chi connectivity index (χ4n) is 2.50. The SMILES string of the molecule is NC(=O)/C(=C/n1cnc(-c2cc(C(F)(F)F)cc(C(F)(F)F)c2)n1)c1cccc(F)n1. The smallest absolute Gasteiger partial charge is 0.365 e. The standard InChI is InChI=1S/C18H10F7N5O/c19-14-3-1-2-13(28-14)12(15(26)31)7-30-8-27-16(29-30)9-4-10(17(20,21)22)6-11(5-9)18(23,24)25/h1-8H,(H2,26,31)/b12-7+. The molecule has 0 radical (unpaired) electrons. The third-order valence-corrected chi connectivity index (χ3v) is 3.87. The molecule has 0 saturated heterocycles. The lowest BCUT2D eigenvalue weighted by atomic mass is 10.0. The molecule has 1 amide bonds. The van der Waals surface area contributed by atoms with E-state index < -0.39 is 46.7 Å². The molecule has 0 unspecified atom stereocenters. The van der Waals surface area contributed by atoms with E-state index >= 15 is 0 Å². The van der Waals surface area contributed by atoms with Crippen molar-refractivity contribution in [2.75, 3.05) is 0 Å². The zero-order valence-corrected chi connectivity index (χ0v) is 15.0. The van der Waals surface area contributed by atoms with Crippen LogP contribution >= 0.6 is 0 Å². The molecule has 3 aromatic rings. The first kappa shape index (κ1) is 21.9. The first-order chi connectivity index (χ1) is 14.3. The number of nitrogens with two attached hydrogens (primary N) is 1. The summed E-state index contributed by atoms with van der Waals surface area (Å²) in [6.07, 6.45) is -8.20. The van der Waals surface area contributed by atoms with Gasteiger partial charge in [-0.3, -0.25) is 4.79 Å². The predicted molar refractivity (Wildman–Crippen MR) is 93.0 cm³/mol. The van der Waals surface area contributed by atoms with Crippen LogP contribution in [0.2, 0.25) is 0 Å². The highest BCUT2D eigenvalue weighted by Gasteiger charge is 2.37. The van der Waals surface area contributed by atoms with Gasteiger partial charge in [0.15, 0.2) is 5.82 Å². The number of pyridine rings is 1. The van der Waals surface area contributed by atoms with Crippen molar-refractivity contribution < 1.29 is 35.5 Å². The molecule has 0 bridgehead atoms. The Bertz CT molecular complexity index is 1130. The second-order valence-corrected chi connectivity index (χ2v) is 6.10. The van der Waals surface area contributed by atoms with Gasteiger partial charge in [-0.05, 0) is 30.3 Å². The summed E-state index contributed by atoms with van der Waals surface area (Å²) in [6, 6.07) is 4.43. The zero-order chi connectivity index (χ0) is 23.0. The molecule has 3 rings (SSSR count). The highest BCUT2D eigenvalue weighted by molar-refractivity contribution is 6.21. The van der Waals surface area contributed by atoms with Gasteiger partial charge in [0.25, 0.3) is 5.91 Å². The molecule has 2 heterocycles. The highest BCUT2D eigenvalue weighted by atomic mass is 19.4. The number of hydrogen-bond acceptors (Lipinski definition) is 4. The molecule has 0 spiro atoms. The number of rotatable bonds is 4. The monoisotopic (exact) mass is 445 g/mol. The number of carbonyl (C=O) groups is 1. The third-order valence-electron chi connectivity index (χ3n) is 3.87. The van der Waals surface area contributed by atoms with Crippen molar-refractivity contribution in [2.45, 2.75) is 12.4 Å². The lowest BCUT2D eigenvalue weighted by Gasteiger charge is -2.13. The number of halogens is 7. The topological polar surface area (TPSA) is 86.7 Å². The summed E-state index contributed by atoms with van der Waals surface area (Å²) < 4.78 is 92.3. The summed E-state index contributed by atoms with van der Waals surface area (Å²) in [5.41, 5.74) is 1.12. The number of primary amides is 1. The molecule has 13 heteroatoms. The minimum atomic E-state index is -5.04. The predicted octanol–water partition coefficient (Wildman–Crippen LogP) is 4.00. The molecular weight excluding hydrogens is 435 g/mol. The molecule has 1 aromatic carbocycles. The van der Waals surface area contributed by atoms with Gasteiger partial charge in [0.2, 0.25) is 5.95 Å². The Labute approximate surface area is 168 Å². The average Bonchev–Trinajstić information content (AvgIpc) is 3.13. The van der Waals surface area contributed by atoms with Crippen LogP contribution in [0, 0.1) is 5.95 Å². The van der Waals surface area contributed by atoms with Crippen LogP contribution in [-0.4, -0.2) is 25.7 Å². The van der Waals surface area contributed by atoms with Crippen molar-refractivity contribution in [3.63, 3.8) is 0 Å². The Kier molecular flexibility index (Phi) is 5.53. The van der Waals surface area contributed by atoms with Crippen LogP contribution in [0.1, 0.15) is 16.8 Å². The van der Waals surface area contributed by atoms with Gasteiger partial charge in [0.05, 0.1) is 22.4 Å². The third kappa shape index (κ3) is 5.05. The van der Waals surface area contributed by atoms with Crippen molar-refractivity contribution in [3.8, 4) is 11.4 Å². The number of hydrogen-bond donors (Lipinski definition) is 1. The van der Waals surface area contributed by atoms with Gasteiger partial charge in [0.1, 0.15) is 6.33 Å². The van der Waals surface area contributed by atoms with Crippen molar-refractivity contribution >= 4 is 17.7 Å². The fraction of sp³-hybridized carbons (Fsp3) is 0.111. The van der Waals surface area contributed by atoms with Gasteiger partial charge in [0, 0.05) is 11.8 Å². The fourth-order valence-corrected chi connectivity index (χ4v) is 2.50. The number of alkyl halides is 6. The van der Waals surface area contributed by atoms with Crippen LogP contribution in [0.5, 0.6) is 0 Å². The Balaban J connectivity index is 2.07. The maximum atomic E-state index is 13.3. The molecule has 0 atom stereocenters. The van der Waals surface area contributed by atoms with Gasteiger partial charge in [-0.25, -0.2) is 14.6 Å². The molecule has 2 aromatic heterocycles. The lowest BCUT2D eigenvalue weighted by Crippen LogP contribution is -2.15. The molecule has 162 valence electrons. The van der Waals surface area contributed by atoms with Gasteiger partial charge in [-0.1, -0.05) is 6.07 Å². The number of carbonyl (C=O) groups excluding carboxylic acids is 1. The van der Waals surface area contributed by atoms with Crippen LogP contribution in [-0.2, 0) is 17.1 Å². The Morgan fingerprint density at radius 3 is 2.13 bits per heavy atom. The summed E-state index contributed by atoms with van der Waals surface area (Å²) >= 11 is 0. The second-order valence-electron chi connectivity index (χ2n) is 6.10. The summed E-state index contributed by atoms with van der Waals surface area (Å²) in [7, 11) is 0. The minimum Gasteiger partial charge on any atom is -0.365 e. The van der Waals surface area contributed by atoms with E-state index in [9.17, 15) is 35.5 Å². The maximum Gasteiger partial charge on any atom is 0.416 e. The van der Waals surface area contributed by atoms with Gasteiger partial charge >= 0.3 is 12.4 Å². The summed E-state index contributed by atoms with van der Waals surface area (Å²) in [6.45, 7) is 0. The van der Waals surface area contributed by atoms with E-state index in [2.05, 4.69) is 15.1 Å². The number of aromatic nitrogens is 4. The number of amides is 1. The average molecular weight is 445 g/mol. The minimum absolute atomic E-state index is 0.0266. The zero-order valence-electron chi connectivity index (χ0n) is 15.0. The molecule has 2 N–H and O–H groups in total. The molecule has 6 nitrogen and oxygen atoms in total. The van der Waals surface area contributed by atoms with E-state index in [1.54, 1.807) is 0 Å². The maximum absolute atomic E-state index is 13.3. The van der Waals surface area contributed by atoms with Gasteiger partial charge in [-0.2, -0.15) is 30.7 Å². The van der Waals surface area contributed by atoms with E-state index in [4.69, 9.17) is 5.73 Å². The second kappa shape index (κ2) is 7.81. The van der Waals surface area contributed by atoms with Crippen LogP contribution in [0.3, 0.4) is 0 Å². The quantitative estimate of drug-likeness (QED) is 0.374. The summed E-state index contributed by atoms with van der Waals surface area (Å²) in [5, 5.41) is 3.76. The van der Waals surface area contributed by atoms with Crippen molar-refractivity contribution in [1.29, 1.82) is 0 Å². The Morgan fingerprint density at radius 2 is 1.61 bits per heavy atom. The first-order valence-electron chi connectivity index (χ1n) is 8.20. The molecule has 0 saturated carbocycles. The number of nitrogens with zero attached hydrogens (tertiary/aromatic N) is 4. The van der Waals surface area contributed by atoms with Gasteiger partial charge in [-0.15, -0.1) is 5.10 Å². The highest BCUT2D eigenvalue weighted by Crippen LogP contribution is 2.38. The van der Waals surface area contributed by atoms with E-state index in [0.717, 1.165) is 23.3 Å². The van der Waals surface area contributed by atoms with E-state index in [1.807, 2.05) is 0 Å². The lowest BCUT2D eigenvalue weighted by molar-refractivity contribution is -0.143. The summed E-state index contributed by atoms with van der Waals surface area (Å²) in [5.74, 6) is -2.43. The molecular formula is C18H10F7N5O.